The molecule has 0 aromatic heterocycles. The van der Waals surface area contributed by atoms with Crippen LogP contribution in [-0.4, -0.2) is 33.6 Å². The number of aryl methyl sites for hydroxylation is 1. The van der Waals surface area contributed by atoms with Crippen molar-refractivity contribution in [2.45, 2.75) is 50.0 Å². The first-order valence-electron chi connectivity index (χ1n) is 7.79. The quantitative estimate of drug-likeness (QED) is 0.875. The minimum absolute atomic E-state index is 0.0556. The topological polar surface area (TPSA) is 84.5 Å². The smallest absolute Gasteiger partial charge is 0.240 e. The Morgan fingerprint density at radius 3 is 2.78 bits per heavy atom. The summed E-state index contributed by atoms with van der Waals surface area (Å²) in [5, 5.41) is 2.84. The molecule has 0 saturated carbocycles. The Hall–Kier alpha value is -1.44. The Bertz CT molecular complexity index is 750. The van der Waals surface area contributed by atoms with Gasteiger partial charge in [0.15, 0.2) is 0 Å². The van der Waals surface area contributed by atoms with Gasteiger partial charge in [0.2, 0.25) is 15.9 Å². The number of carbonyl (C=O) groups is 1. The summed E-state index contributed by atoms with van der Waals surface area (Å²) in [6.45, 7) is 6.36. The normalized spacial score (nSPS) is 22.9. The molecule has 0 spiro atoms. The second kappa shape index (κ2) is 5.58. The Labute approximate surface area is 136 Å². The molecule has 1 saturated heterocycles. The van der Waals surface area contributed by atoms with Crippen LogP contribution in [0.2, 0.25) is 0 Å². The number of sulfonamides is 1. The van der Waals surface area contributed by atoms with Crippen molar-refractivity contribution in [3.63, 3.8) is 0 Å². The zero-order chi connectivity index (χ0) is 16.8. The van der Waals surface area contributed by atoms with Crippen LogP contribution in [0.3, 0.4) is 0 Å². The maximum atomic E-state index is 12.6. The van der Waals surface area contributed by atoms with Crippen LogP contribution in [0.25, 0.3) is 0 Å². The van der Waals surface area contributed by atoms with Gasteiger partial charge in [0, 0.05) is 18.8 Å². The van der Waals surface area contributed by atoms with E-state index in [0.29, 0.717) is 6.61 Å². The van der Waals surface area contributed by atoms with E-state index in [0.717, 1.165) is 29.7 Å². The van der Waals surface area contributed by atoms with Gasteiger partial charge in [-0.1, -0.05) is 0 Å². The largest absolute Gasteiger partial charge is 0.377 e. The molecular weight excluding hydrogens is 316 g/mol. The standard InChI is InChI=1S/C16H22N2O4S/c1-10-7-12(8-13-14(10)18-15(19)16(13,2)3)23(20,21)17-9-11-5-4-6-22-11/h7-8,11,17H,4-6,9H2,1-3H3,(H,18,19)/t11-/m1/s1. The lowest BCUT2D eigenvalue weighted by atomic mass is 9.85. The number of amides is 1. The van der Waals surface area contributed by atoms with Crippen LogP contribution < -0.4 is 10.0 Å². The highest BCUT2D eigenvalue weighted by atomic mass is 32.2. The molecular formula is C16H22N2O4S. The molecule has 126 valence electrons. The molecule has 23 heavy (non-hydrogen) atoms. The average molecular weight is 338 g/mol. The van der Waals surface area contributed by atoms with Crippen LogP contribution in [0.4, 0.5) is 5.69 Å². The van der Waals surface area contributed by atoms with Gasteiger partial charge in [0.1, 0.15) is 0 Å². The summed E-state index contributed by atoms with van der Waals surface area (Å²) in [6, 6.07) is 3.19. The van der Waals surface area contributed by atoms with Crippen molar-refractivity contribution >= 4 is 21.6 Å². The summed E-state index contributed by atoms with van der Waals surface area (Å²) >= 11 is 0. The van der Waals surface area contributed by atoms with E-state index in [1.165, 1.54) is 0 Å². The van der Waals surface area contributed by atoms with Gasteiger partial charge >= 0.3 is 0 Å². The number of nitrogens with one attached hydrogen (secondary N) is 2. The molecule has 2 aliphatic rings. The van der Waals surface area contributed by atoms with E-state index in [4.69, 9.17) is 4.74 Å². The molecule has 2 heterocycles. The highest BCUT2D eigenvalue weighted by Crippen LogP contribution is 2.40. The summed E-state index contributed by atoms with van der Waals surface area (Å²) in [6.07, 6.45) is 1.78. The van der Waals surface area contributed by atoms with Crippen molar-refractivity contribution in [2.24, 2.45) is 0 Å². The first kappa shape index (κ1) is 16.4. The number of hydrogen-bond acceptors (Lipinski definition) is 4. The number of benzene rings is 1. The molecule has 7 heteroatoms. The molecule has 0 radical (unpaired) electrons. The van der Waals surface area contributed by atoms with Gasteiger partial charge in [-0.05, 0) is 56.9 Å². The molecule has 1 amide bonds. The molecule has 1 aromatic carbocycles. The summed E-state index contributed by atoms with van der Waals surface area (Å²) < 4.78 is 33.2. The van der Waals surface area contributed by atoms with Crippen LogP contribution in [0.5, 0.6) is 0 Å². The van der Waals surface area contributed by atoms with E-state index in [1.54, 1.807) is 32.9 Å². The lowest BCUT2D eigenvalue weighted by molar-refractivity contribution is -0.119. The third-order valence-electron chi connectivity index (χ3n) is 4.62. The molecule has 1 atom stereocenters. The highest BCUT2D eigenvalue weighted by Gasteiger charge is 2.40. The van der Waals surface area contributed by atoms with E-state index in [-0.39, 0.29) is 23.5 Å². The summed E-state index contributed by atoms with van der Waals surface area (Å²) in [5.74, 6) is -0.113. The van der Waals surface area contributed by atoms with Crippen molar-refractivity contribution in [1.82, 2.24) is 4.72 Å². The highest BCUT2D eigenvalue weighted by molar-refractivity contribution is 7.89. The molecule has 1 aromatic rings. The van der Waals surface area contributed by atoms with Crippen molar-refractivity contribution in [3.05, 3.63) is 23.3 Å². The Balaban J connectivity index is 1.90. The fourth-order valence-electron chi connectivity index (χ4n) is 3.05. The monoisotopic (exact) mass is 338 g/mol. The SMILES string of the molecule is Cc1cc(S(=O)(=O)NC[C@H]2CCCO2)cc2c1NC(=O)C2(C)C. The minimum atomic E-state index is -3.63. The molecule has 0 unspecified atom stereocenters. The van der Waals surface area contributed by atoms with Gasteiger partial charge in [-0.2, -0.15) is 0 Å². The van der Waals surface area contributed by atoms with E-state index < -0.39 is 15.4 Å². The average Bonchev–Trinajstić information content (AvgIpc) is 3.06. The van der Waals surface area contributed by atoms with Gasteiger partial charge in [0.25, 0.3) is 0 Å². The van der Waals surface area contributed by atoms with Crippen LogP contribution >= 0.6 is 0 Å². The number of anilines is 1. The first-order chi connectivity index (χ1) is 10.7. The number of hydrogen-bond donors (Lipinski definition) is 2. The zero-order valence-electron chi connectivity index (χ0n) is 13.6. The van der Waals surface area contributed by atoms with E-state index >= 15 is 0 Å². The molecule has 0 bridgehead atoms. The van der Waals surface area contributed by atoms with E-state index in [2.05, 4.69) is 10.0 Å². The Morgan fingerprint density at radius 1 is 1.39 bits per heavy atom. The van der Waals surface area contributed by atoms with Gasteiger partial charge < -0.3 is 10.1 Å². The maximum Gasteiger partial charge on any atom is 0.240 e. The number of ether oxygens (including phenoxy) is 1. The summed E-state index contributed by atoms with van der Waals surface area (Å²) in [7, 11) is -3.63. The molecule has 2 aliphatic heterocycles. The number of fused-ring (bicyclic) bond motifs is 1. The summed E-state index contributed by atoms with van der Waals surface area (Å²) in [5.41, 5.74) is 1.46. The number of carbonyl (C=O) groups excluding carboxylic acids is 1. The molecule has 0 aliphatic carbocycles. The van der Waals surface area contributed by atoms with Crippen LogP contribution in [-0.2, 0) is 25.0 Å². The van der Waals surface area contributed by atoms with Gasteiger partial charge in [0.05, 0.1) is 16.4 Å². The molecule has 1 fully saturated rings. The fraction of sp³-hybridized carbons (Fsp3) is 0.562. The predicted molar refractivity (Wildman–Crippen MR) is 87.0 cm³/mol. The van der Waals surface area contributed by atoms with Crippen molar-refractivity contribution in [1.29, 1.82) is 0 Å². The van der Waals surface area contributed by atoms with Crippen molar-refractivity contribution in [2.75, 3.05) is 18.5 Å². The van der Waals surface area contributed by atoms with Gasteiger partial charge in [-0.25, -0.2) is 13.1 Å². The second-order valence-corrected chi connectivity index (χ2v) is 8.50. The van der Waals surface area contributed by atoms with Crippen LogP contribution in [0.1, 0.15) is 37.8 Å². The van der Waals surface area contributed by atoms with Crippen molar-refractivity contribution < 1.29 is 17.9 Å². The zero-order valence-corrected chi connectivity index (χ0v) is 14.4. The van der Waals surface area contributed by atoms with Crippen LogP contribution in [0.15, 0.2) is 17.0 Å². The maximum absolute atomic E-state index is 12.6. The van der Waals surface area contributed by atoms with E-state index in [9.17, 15) is 13.2 Å². The third kappa shape index (κ3) is 2.88. The lowest BCUT2D eigenvalue weighted by Crippen LogP contribution is -2.32. The predicted octanol–water partition coefficient (Wildman–Crippen LogP) is 1.68. The minimum Gasteiger partial charge on any atom is -0.377 e. The fourth-order valence-corrected chi connectivity index (χ4v) is 4.23. The number of rotatable bonds is 4. The second-order valence-electron chi connectivity index (χ2n) is 6.73. The summed E-state index contributed by atoms with van der Waals surface area (Å²) in [4.78, 5) is 12.3. The molecule has 6 nitrogen and oxygen atoms in total. The Kier molecular flexibility index (Phi) is 3.98. The van der Waals surface area contributed by atoms with Crippen LogP contribution in [0, 0.1) is 6.92 Å². The third-order valence-corrected chi connectivity index (χ3v) is 6.03. The first-order valence-corrected chi connectivity index (χ1v) is 9.28. The van der Waals surface area contributed by atoms with Gasteiger partial charge in [-0.3, -0.25) is 4.79 Å². The molecule has 3 rings (SSSR count). The van der Waals surface area contributed by atoms with Crippen molar-refractivity contribution in [3.8, 4) is 0 Å². The molecule has 2 N–H and O–H groups in total. The Morgan fingerprint density at radius 2 is 2.13 bits per heavy atom. The van der Waals surface area contributed by atoms with E-state index in [1.807, 2.05) is 0 Å². The lowest BCUT2D eigenvalue weighted by Gasteiger charge is -2.17. The van der Waals surface area contributed by atoms with Gasteiger partial charge in [-0.15, -0.1) is 0 Å².